The van der Waals surface area contributed by atoms with Crippen molar-refractivity contribution in [3.05, 3.63) is 17.2 Å². The zero-order chi connectivity index (χ0) is 27.7. The molecule has 0 heterocycles. The molecule has 0 spiro atoms. The molecule has 1 aromatic carbocycles. The van der Waals surface area contributed by atoms with Gasteiger partial charge in [0.05, 0.1) is 23.2 Å². The van der Waals surface area contributed by atoms with Crippen molar-refractivity contribution in [2.24, 2.45) is 29.4 Å². The summed E-state index contributed by atoms with van der Waals surface area (Å²) in [5.41, 5.74) is 3.31. The van der Waals surface area contributed by atoms with Crippen LogP contribution >= 0.6 is 0 Å². The third-order valence-corrected chi connectivity index (χ3v) is 7.83. The van der Waals surface area contributed by atoms with Gasteiger partial charge in [0.1, 0.15) is 5.75 Å². The molecule has 5 unspecified atom stereocenters. The summed E-state index contributed by atoms with van der Waals surface area (Å²) in [5.74, 6) is -11.7. The number of anilines is 2. The Labute approximate surface area is 212 Å². The Kier molecular flexibility index (Phi) is 6.24. The number of primary amides is 1. The number of aromatic hydroxyl groups is 1. The molecule has 2 fully saturated rings. The van der Waals surface area contributed by atoms with E-state index < -0.39 is 76.0 Å². The van der Waals surface area contributed by atoms with E-state index in [9.17, 15) is 39.0 Å². The van der Waals surface area contributed by atoms with E-state index >= 15 is 0 Å². The monoisotopic (exact) mass is 514 g/mol. The predicted molar refractivity (Wildman–Crippen MR) is 130 cm³/mol. The highest BCUT2D eigenvalue weighted by Gasteiger charge is 2.69. The number of nitrogens with zero attached hydrogens (tertiary/aromatic N) is 2. The Hall–Kier alpha value is -3.64. The molecule has 12 nitrogen and oxygen atoms in total. The van der Waals surface area contributed by atoms with Crippen LogP contribution in [-0.2, 0) is 30.4 Å². The second-order valence-electron chi connectivity index (χ2n) is 10.5. The number of fused-ring (bicyclic) bond motifs is 3. The van der Waals surface area contributed by atoms with Gasteiger partial charge in [-0.2, -0.15) is 0 Å². The van der Waals surface area contributed by atoms with E-state index in [1.54, 1.807) is 19.0 Å². The zero-order valence-corrected chi connectivity index (χ0v) is 21.2. The maximum atomic E-state index is 13.8. The molecule has 198 valence electrons. The van der Waals surface area contributed by atoms with E-state index in [0.717, 1.165) is 0 Å². The number of carbonyl (C=O) groups is 6. The molecule has 1 aromatic rings. The lowest BCUT2D eigenvalue weighted by molar-refractivity contribution is -0.181. The highest BCUT2D eigenvalue weighted by atomic mass is 16.3. The number of phenols is 1. The van der Waals surface area contributed by atoms with Gasteiger partial charge in [-0.05, 0) is 44.5 Å². The summed E-state index contributed by atoms with van der Waals surface area (Å²) in [6.07, 6.45) is 0.0955. The highest BCUT2D eigenvalue weighted by Crippen LogP contribution is 2.52. The molecule has 0 aliphatic heterocycles. The standard InChI is InChI=1S/C25H30N4O8/c1-9(30)27-13-8-14(28(2)3)11-6-10-7-12-18(29(4)5)21(33)17(24(26)36)23(35)25(12,37)22(34)15(10)20(32)16(11)19(13)31/h8,10,12,15,17-18,31,37H,6-7H2,1-5H3,(H2,26,36)(H,27,30)/t10-,12?,15?,17?,18?,25?/m0/s1. The van der Waals surface area contributed by atoms with Gasteiger partial charge in [0, 0.05) is 32.6 Å². The van der Waals surface area contributed by atoms with Gasteiger partial charge < -0.3 is 26.2 Å². The molecule has 0 bridgehead atoms. The number of likely N-dealkylation sites (N-methyl/N-ethyl adjacent to an activating group) is 1. The van der Waals surface area contributed by atoms with E-state index in [0.29, 0.717) is 11.3 Å². The first-order chi connectivity index (χ1) is 17.1. The minimum atomic E-state index is -2.79. The van der Waals surface area contributed by atoms with Crippen LogP contribution in [0, 0.1) is 23.7 Å². The molecule has 0 aromatic heterocycles. The molecule has 5 N–H and O–H groups in total. The Morgan fingerprint density at radius 2 is 1.73 bits per heavy atom. The third kappa shape index (κ3) is 3.65. The van der Waals surface area contributed by atoms with Crippen molar-refractivity contribution < 1.29 is 39.0 Å². The Bertz CT molecular complexity index is 1270. The first-order valence-corrected chi connectivity index (χ1v) is 11.8. The molecule has 3 aliphatic rings. The number of Topliss-reactive ketones (excluding diaryl/α,β-unsaturated/α-hetero) is 4. The van der Waals surface area contributed by atoms with Gasteiger partial charge in [0.25, 0.3) is 0 Å². The van der Waals surface area contributed by atoms with E-state index in [2.05, 4.69) is 5.32 Å². The minimum Gasteiger partial charge on any atom is -0.505 e. The molecular formula is C25H30N4O8. The summed E-state index contributed by atoms with van der Waals surface area (Å²) in [4.78, 5) is 81.0. The van der Waals surface area contributed by atoms with Gasteiger partial charge in [-0.25, -0.2) is 0 Å². The van der Waals surface area contributed by atoms with Crippen molar-refractivity contribution in [2.75, 3.05) is 38.4 Å². The van der Waals surface area contributed by atoms with E-state index in [-0.39, 0.29) is 24.1 Å². The normalized spacial score (nSPS) is 30.9. The summed E-state index contributed by atoms with van der Waals surface area (Å²) >= 11 is 0. The van der Waals surface area contributed by atoms with Gasteiger partial charge in [0.15, 0.2) is 34.7 Å². The second kappa shape index (κ2) is 8.73. The molecular weight excluding hydrogens is 484 g/mol. The molecule has 0 radical (unpaired) electrons. The molecule has 2 saturated carbocycles. The molecule has 12 heteroatoms. The molecule has 6 atom stereocenters. The summed E-state index contributed by atoms with van der Waals surface area (Å²) < 4.78 is 0. The van der Waals surface area contributed by atoms with E-state index in [4.69, 9.17) is 5.73 Å². The van der Waals surface area contributed by atoms with Crippen LogP contribution in [-0.4, -0.2) is 89.9 Å². The maximum absolute atomic E-state index is 13.8. The Balaban J connectivity index is 1.91. The topological polar surface area (TPSA) is 187 Å². The average molecular weight is 515 g/mol. The van der Waals surface area contributed by atoms with Crippen molar-refractivity contribution in [1.29, 1.82) is 0 Å². The number of aliphatic hydroxyl groups is 1. The SMILES string of the molecule is CC(=O)Nc1cc(N(C)C)c2c(c1O)C(=O)C1C(=O)C3(O)C(=O)C(C(N)=O)C(=O)C(N(C)C)C3C[C@@H]1C2. The number of nitrogens with two attached hydrogens (primary N) is 1. The minimum absolute atomic E-state index is 0.0256. The van der Waals surface area contributed by atoms with Crippen LogP contribution in [0.25, 0.3) is 0 Å². The lowest BCUT2D eigenvalue weighted by Crippen LogP contribution is -2.74. The number of benzene rings is 1. The largest absolute Gasteiger partial charge is 0.505 e. The first-order valence-electron chi connectivity index (χ1n) is 11.8. The number of hydrogen-bond acceptors (Lipinski definition) is 10. The fourth-order valence-electron chi connectivity index (χ4n) is 6.34. The predicted octanol–water partition coefficient (Wildman–Crippen LogP) is -1.11. The van der Waals surface area contributed by atoms with Crippen LogP contribution in [0.15, 0.2) is 6.07 Å². The van der Waals surface area contributed by atoms with E-state index in [1.165, 1.54) is 32.0 Å². The lowest BCUT2D eigenvalue weighted by Gasteiger charge is -2.52. The summed E-state index contributed by atoms with van der Waals surface area (Å²) in [5, 5.41) is 25.0. The van der Waals surface area contributed by atoms with Crippen LogP contribution in [0.1, 0.15) is 29.3 Å². The number of nitrogens with one attached hydrogen (secondary N) is 1. The van der Waals surface area contributed by atoms with Crippen molar-refractivity contribution in [3.63, 3.8) is 0 Å². The maximum Gasteiger partial charge on any atom is 0.235 e. The number of phenolic OH excluding ortho intramolecular Hbond substituents is 1. The third-order valence-electron chi connectivity index (χ3n) is 7.83. The van der Waals surface area contributed by atoms with Gasteiger partial charge in [-0.1, -0.05) is 0 Å². The van der Waals surface area contributed by atoms with Crippen LogP contribution in [0.3, 0.4) is 0 Å². The number of hydrogen-bond donors (Lipinski definition) is 4. The van der Waals surface area contributed by atoms with Crippen LogP contribution in [0.4, 0.5) is 11.4 Å². The molecule has 0 saturated heterocycles. The van der Waals surface area contributed by atoms with Crippen LogP contribution in [0.5, 0.6) is 5.75 Å². The number of amides is 2. The number of ketones is 4. The quantitative estimate of drug-likeness (QED) is 0.283. The Morgan fingerprint density at radius 1 is 1.11 bits per heavy atom. The van der Waals surface area contributed by atoms with Crippen molar-refractivity contribution >= 4 is 46.3 Å². The van der Waals surface area contributed by atoms with Gasteiger partial charge in [0.2, 0.25) is 11.8 Å². The van der Waals surface area contributed by atoms with Crippen LogP contribution in [0.2, 0.25) is 0 Å². The van der Waals surface area contributed by atoms with Gasteiger partial charge in [-0.15, -0.1) is 0 Å². The summed E-state index contributed by atoms with van der Waals surface area (Å²) in [6, 6.07) is 0.364. The summed E-state index contributed by atoms with van der Waals surface area (Å²) in [7, 11) is 6.49. The smallest absolute Gasteiger partial charge is 0.235 e. The van der Waals surface area contributed by atoms with Gasteiger partial charge >= 0.3 is 0 Å². The number of rotatable bonds is 4. The fourth-order valence-corrected chi connectivity index (χ4v) is 6.34. The Morgan fingerprint density at radius 3 is 2.24 bits per heavy atom. The van der Waals surface area contributed by atoms with Crippen LogP contribution < -0.4 is 16.0 Å². The molecule has 3 aliphatic carbocycles. The summed E-state index contributed by atoms with van der Waals surface area (Å²) in [6.45, 7) is 1.23. The average Bonchev–Trinajstić information content (AvgIpc) is 2.77. The highest BCUT2D eigenvalue weighted by molar-refractivity contribution is 6.32. The van der Waals surface area contributed by atoms with Crippen molar-refractivity contribution in [2.45, 2.75) is 31.4 Å². The molecule has 2 amide bonds. The molecule has 37 heavy (non-hydrogen) atoms. The second-order valence-corrected chi connectivity index (χ2v) is 10.5. The van der Waals surface area contributed by atoms with Gasteiger partial charge in [-0.3, -0.25) is 33.7 Å². The van der Waals surface area contributed by atoms with E-state index in [1.807, 2.05) is 0 Å². The number of carbonyl (C=O) groups excluding carboxylic acids is 6. The zero-order valence-electron chi connectivity index (χ0n) is 21.2. The first kappa shape index (κ1) is 26.4. The lowest BCUT2D eigenvalue weighted by atomic mass is 9.52. The van der Waals surface area contributed by atoms with Crippen molar-refractivity contribution in [3.8, 4) is 5.75 Å². The van der Waals surface area contributed by atoms with Crippen molar-refractivity contribution in [1.82, 2.24) is 4.90 Å². The molecule has 4 rings (SSSR count). The fraction of sp³-hybridized carbons (Fsp3) is 0.520.